The Bertz CT molecular complexity index is 1330. The first-order valence-electron chi connectivity index (χ1n) is 11.8. The van der Waals surface area contributed by atoms with Crippen molar-refractivity contribution in [2.45, 2.75) is 52.2 Å². The molecule has 1 saturated heterocycles. The van der Waals surface area contributed by atoms with Crippen LogP contribution in [0.3, 0.4) is 0 Å². The predicted molar refractivity (Wildman–Crippen MR) is 135 cm³/mol. The van der Waals surface area contributed by atoms with Gasteiger partial charge >= 0.3 is 5.69 Å². The molecule has 1 aliphatic heterocycles. The van der Waals surface area contributed by atoms with Gasteiger partial charge < -0.3 is 19.9 Å². The third-order valence-corrected chi connectivity index (χ3v) is 6.43. The minimum atomic E-state index is -0.374. The average molecular weight is 467 g/mol. The summed E-state index contributed by atoms with van der Waals surface area (Å²) in [5.41, 5.74) is 8.53. The van der Waals surface area contributed by atoms with E-state index in [9.17, 15) is 9.59 Å². The van der Waals surface area contributed by atoms with E-state index in [1.165, 1.54) is 11.6 Å². The summed E-state index contributed by atoms with van der Waals surface area (Å²) in [4.78, 5) is 33.5. The molecule has 1 fully saturated rings. The Morgan fingerprint density at radius 2 is 2.00 bits per heavy atom. The molecule has 34 heavy (non-hydrogen) atoms. The first-order valence-corrected chi connectivity index (χ1v) is 11.8. The number of nitrogens with zero attached hydrogens (tertiary/aromatic N) is 5. The molecule has 3 heterocycles. The number of benzene rings is 1. The molecular formula is C25H34N6O3. The van der Waals surface area contributed by atoms with Gasteiger partial charge in [-0.1, -0.05) is 29.8 Å². The minimum Gasteiger partial charge on any atom is -0.496 e. The van der Waals surface area contributed by atoms with E-state index in [0.717, 1.165) is 36.3 Å². The molecule has 3 aromatic rings. The van der Waals surface area contributed by atoms with Crippen LogP contribution >= 0.6 is 0 Å². The average Bonchev–Trinajstić information content (AvgIpc) is 3.21. The van der Waals surface area contributed by atoms with E-state index in [1.54, 1.807) is 11.7 Å². The second-order valence-electron chi connectivity index (χ2n) is 9.18. The standard InChI is InChI=1S/C25H34N6O3/c1-17(2)11-14-30-21-22(27-24(30)29-13-7-9-19(26)16-29)31(25(33)28(3)23(21)32)15-12-18-8-5-6-10-20(18)34-4/h5-6,8,10-11,19H,7,9,12-16,26H2,1-4H3. The molecule has 0 saturated carbocycles. The minimum absolute atomic E-state index is 0.0565. The van der Waals surface area contributed by atoms with E-state index in [4.69, 9.17) is 15.5 Å². The van der Waals surface area contributed by atoms with Crippen molar-refractivity contribution in [3.8, 4) is 5.75 Å². The number of fused-ring (bicyclic) bond motifs is 1. The molecule has 0 amide bonds. The number of ether oxygens (including phenoxy) is 1. The number of piperidine rings is 1. The largest absolute Gasteiger partial charge is 0.496 e. The van der Waals surface area contributed by atoms with Gasteiger partial charge in [0.1, 0.15) is 5.75 Å². The summed E-state index contributed by atoms with van der Waals surface area (Å²) >= 11 is 0. The molecule has 1 aliphatic rings. The molecule has 1 aromatic carbocycles. The Balaban J connectivity index is 1.87. The van der Waals surface area contributed by atoms with Crippen LogP contribution in [0.2, 0.25) is 0 Å². The molecule has 1 atom stereocenters. The summed E-state index contributed by atoms with van der Waals surface area (Å²) in [6.45, 7) is 6.41. The number of para-hydroxylation sites is 1. The lowest BCUT2D eigenvalue weighted by molar-refractivity contribution is 0.408. The summed E-state index contributed by atoms with van der Waals surface area (Å²) in [5.74, 6) is 1.46. The Kier molecular flexibility index (Phi) is 6.92. The van der Waals surface area contributed by atoms with Crippen molar-refractivity contribution in [2.24, 2.45) is 12.8 Å². The zero-order valence-electron chi connectivity index (χ0n) is 20.5. The fourth-order valence-electron chi connectivity index (χ4n) is 4.57. The molecule has 0 spiro atoms. The van der Waals surface area contributed by atoms with Crippen molar-refractivity contribution in [3.63, 3.8) is 0 Å². The van der Waals surface area contributed by atoms with E-state index < -0.39 is 0 Å². The maximum absolute atomic E-state index is 13.3. The highest BCUT2D eigenvalue weighted by Crippen LogP contribution is 2.24. The van der Waals surface area contributed by atoms with Crippen LogP contribution in [-0.2, 0) is 26.6 Å². The molecule has 1 unspecified atom stereocenters. The first-order chi connectivity index (χ1) is 16.3. The number of allylic oxidation sites excluding steroid dienone is 2. The topological polar surface area (TPSA) is 100 Å². The predicted octanol–water partition coefficient (Wildman–Crippen LogP) is 2.04. The van der Waals surface area contributed by atoms with E-state index in [0.29, 0.717) is 43.2 Å². The van der Waals surface area contributed by atoms with Crippen LogP contribution < -0.4 is 26.6 Å². The van der Waals surface area contributed by atoms with Crippen molar-refractivity contribution in [1.29, 1.82) is 0 Å². The van der Waals surface area contributed by atoms with Crippen LogP contribution in [0, 0.1) is 0 Å². The van der Waals surface area contributed by atoms with Crippen LogP contribution in [0.15, 0.2) is 45.5 Å². The van der Waals surface area contributed by atoms with Gasteiger partial charge in [-0.15, -0.1) is 0 Å². The van der Waals surface area contributed by atoms with Crippen LogP contribution in [-0.4, -0.2) is 44.9 Å². The number of methoxy groups -OCH3 is 1. The zero-order valence-corrected chi connectivity index (χ0v) is 20.5. The number of nitrogens with two attached hydrogens (primary N) is 1. The number of hydrogen-bond donors (Lipinski definition) is 1. The third-order valence-electron chi connectivity index (χ3n) is 6.43. The Labute approximate surface area is 199 Å². The molecule has 0 bridgehead atoms. The summed E-state index contributed by atoms with van der Waals surface area (Å²) < 4.78 is 10.2. The SMILES string of the molecule is COc1ccccc1CCn1c(=O)n(C)c(=O)c2c1nc(N1CCCC(N)C1)n2CC=C(C)C. The maximum Gasteiger partial charge on any atom is 0.332 e. The molecule has 2 aromatic heterocycles. The summed E-state index contributed by atoms with van der Waals surface area (Å²) in [7, 11) is 3.16. The van der Waals surface area contributed by atoms with Crippen molar-refractivity contribution in [1.82, 2.24) is 18.7 Å². The van der Waals surface area contributed by atoms with Crippen LogP contribution in [0.1, 0.15) is 32.3 Å². The fourth-order valence-corrected chi connectivity index (χ4v) is 4.57. The zero-order chi connectivity index (χ0) is 24.4. The van der Waals surface area contributed by atoms with E-state index in [2.05, 4.69) is 11.0 Å². The number of anilines is 1. The third kappa shape index (κ3) is 4.52. The second kappa shape index (κ2) is 9.89. The van der Waals surface area contributed by atoms with Gasteiger partial charge in [0.2, 0.25) is 5.95 Å². The lowest BCUT2D eigenvalue weighted by Gasteiger charge is -2.31. The Morgan fingerprint density at radius 1 is 1.24 bits per heavy atom. The molecule has 2 N–H and O–H groups in total. The normalized spacial score (nSPS) is 16.1. The van der Waals surface area contributed by atoms with Gasteiger partial charge in [0.15, 0.2) is 11.2 Å². The van der Waals surface area contributed by atoms with E-state index in [1.807, 2.05) is 42.7 Å². The van der Waals surface area contributed by atoms with Gasteiger partial charge in [0.25, 0.3) is 5.56 Å². The highest BCUT2D eigenvalue weighted by atomic mass is 16.5. The van der Waals surface area contributed by atoms with Gasteiger partial charge in [-0.05, 0) is 44.7 Å². The van der Waals surface area contributed by atoms with Crippen molar-refractivity contribution in [3.05, 3.63) is 62.3 Å². The lowest BCUT2D eigenvalue weighted by atomic mass is 10.1. The van der Waals surface area contributed by atoms with Gasteiger partial charge in [0, 0.05) is 39.3 Å². The Morgan fingerprint density at radius 3 is 2.71 bits per heavy atom. The van der Waals surface area contributed by atoms with Crippen molar-refractivity contribution >= 4 is 17.1 Å². The molecule has 9 heteroatoms. The summed E-state index contributed by atoms with van der Waals surface area (Å²) in [5, 5.41) is 0. The fraction of sp³-hybridized carbons (Fsp3) is 0.480. The van der Waals surface area contributed by atoms with Crippen LogP contribution in [0.5, 0.6) is 5.75 Å². The lowest BCUT2D eigenvalue weighted by Crippen LogP contribution is -2.44. The molecule has 0 radical (unpaired) electrons. The molecule has 182 valence electrons. The summed E-state index contributed by atoms with van der Waals surface area (Å²) in [6.07, 6.45) is 4.57. The van der Waals surface area contributed by atoms with Crippen molar-refractivity contribution < 1.29 is 4.74 Å². The highest BCUT2D eigenvalue weighted by Gasteiger charge is 2.26. The smallest absolute Gasteiger partial charge is 0.332 e. The van der Waals surface area contributed by atoms with E-state index in [-0.39, 0.29) is 17.3 Å². The number of hydrogen-bond acceptors (Lipinski definition) is 6. The van der Waals surface area contributed by atoms with Gasteiger partial charge in [0.05, 0.1) is 7.11 Å². The molecule has 0 aliphatic carbocycles. The summed E-state index contributed by atoms with van der Waals surface area (Å²) in [6, 6.07) is 7.81. The van der Waals surface area contributed by atoms with Crippen molar-refractivity contribution in [2.75, 3.05) is 25.1 Å². The van der Waals surface area contributed by atoms with Gasteiger partial charge in [-0.25, -0.2) is 4.79 Å². The van der Waals surface area contributed by atoms with Crippen LogP contribution in [0.4, 0.5) is 5.95 Å². The van der Waals surface area contributed by atoms with Crippen LogP contribution in [0.25, 0.3) is 11.2 Å². The monoisotopic (exact) mass is 466 g/mol. The molecule has 9 nitrogen and oxygen atoms in total. The second-order valence-corrected chi connectivity index (χ2v) is 9.18. The molecular weight excluding hydrogens is 432 g/mol. The number of imidazole rings is 1. The maximum atomic E-state index is 13.3. The Hall–Kier alpha value is -3.33. The van der Waals surface area contributed by atoms with Gasteiger partial charge in [-0.3, -0.25) is 13.9 Å². The number of aromatic nitrogens is 4. The highest BCUT2D eigenvalue weighted by molar-refractivity contribution is 5.75. The quantitative estimate of drug-likeness (QED) is 0.535. The first kappa shape index (κ1) is 23.8. The van der Waals surface area contributed by atoms with Gasteiger partial charge in [-0.2, -0.15) is 4.98 Å². The number of aryl methyl sites for hydroxylation is 2. The van der Waals surface area contributed by atoms with E-state index >= 15 is 0 Å². The molecule has 4 rings (SSSR count). The number of rotatable bonds is 7.